The second-order valence-corrected chi connectivity index (χ2v) is 8.37. The summed E-state index contributed by atoms with van der Waals surface area (Å²) in [6.45, 7) is 0.663. The molecule has 0 radical (unpaired) electrons. The van der Waals surface area contributed by atoms with Gasteiger partial charge in [-0.3, -0.25) is 14.4 Å². The van der Waals surface area contributed by atoms with Crippen LogP contribution in [0.2, 0.25) is 0 Å². The van der Waals surface area contributed by atoms with Gasteiger partial charge in [0.05, 0.1) is 5.52 Å². The normalized spacial score (nSPS) is 24.7. The maximum atomic E-state index is 12.6. The Balaban J connectivity index is 1.24. The average Bonchev–Trinajstić information content (AvgIpc) is 3.30. The predicted octanol–water partition coefficient (Wildman–Crippen LogP) is 1.98. The smallest absolute Gasteiger partial charge is 0.263 e. The summed E-state index contributed by atoms with van der Waals surface area (Å²) in [5, 5.41) is 9.82. The number of nitrogens with zero attached hydrogens (tertiary/aromatic N) is 1. The van der Waals surface area contributed by atoms with Gasteiger partial charge in [-0.2, -0.15) is 4.37 Å². The summed E-state index contributed by atoms with van der Waals surface area (Å²) in [5.74, 6) is -0.328. The molecule has 3 amide bonds. The van der Waals surface area contributed by atoms with Crippen LogP contribution in [0.4, 0.5) is 0 Å². The molecule has 8 heteroatoms. The van der Waals surface area contributed by atoms with Gasteiger partial charge in [-0.15, -0.1) is 0 Å². The van der Waals surface area contributed by atoms with E-state index in [1.165, 1.54) is 11.5 Å². The number of fused-ring (bicyclic) bond motifs is 1. The van der Waals surface area contributed by atoms with Crippen molar-refractivity contribution in [2.24, 2.45) is 5.92 Å². The monoisotopic (exact) mass is 400 g/mol. The van der Waals surface area contributed by atoms with E-state index in [2.05, 4.69) is 20.3 Å². The lowest BCUT2D eigenvalue weighted by Gasteiger charge is -2.29. The van der Waals surface area contributed by atoms with E-state index in [1.807, 2.05) is 24.3 Å². The third-order valence-electron chi connectivity index (χ3n) is 5.61. The van der Waals surface area contributed by atoms with Gasteiger partial charge in [-0.1, -0.05) is 18.2 Å². The molecule has 0 bridgehead atoms. The first-order chi connectivity index (χ1) is 13.6. The van der Waals surface area contributed by atoms with Crippen LogP contribution in [0, 0.1) is 5.92 Å². The summed E-state index contributed by atoms with van der Waals surface area (Å²) in [6, 6.07) is 7.89. The van der Waals surface area contributed by atoms with Crippen molar-refractivity contribution in [3.63, 3.8) is 0 Å². The Hall–Kier alpha value is -2.48. The zero-order valence-electron chi connectivity index (χ0n) is 15.6. The van der Waals surface area contributed by atoms with Crippen molar-refractivity contribution in [1.29, 1.82) is 0 Å². The van der Waals surface area contributed by atoms with Crippen LogP contribution in [0.1, 0.15) is 48.2 Å². The highest BCUT2D eigenvalue weighted by Crippen LogP contribution is 2.24. The summed E-state index contributed by atoms with van der Waals surface area (Å²) in [7, 11) is 0. The van der Waals surface area contributed by atoms with Crippen molar-refractivity contribution < 1.29 is 14.4 Å². The fourth-order valence-corrected chi connectivity index (χ4v) is 4.80. The molecule has 2 heterocycles. The molecule has 2 fully saturated rings. The number of aromatic nitrogens is 1. The number of carbonyl (C=O) groups excluding carboxylic acids is 3. The van der Waals surface area contributed by atoms with Gasteiger partial charge in [0.1, 0.15) is 4.88 Å². The van der Waals surface area contributed by atoms with Crippen LogP contribution in [0.25, 0.3) is 10.9 Å². The molecule has 1 atom stereocenters. The van der Waals surface area contributed by atoms with Crippen LogP contribution in [0.15, 0.2) is 24.3 Å². The summed E-state index contributed by atoms with van der Waals surface area (Å²) in [6.07, 6.45) is 4.32. The molecule has 1 saturated heterocycles. The molecule has 3 N–H and O–H groups in total. The number of nitrogens with one attached hydrogen (secondary N) is 3. The van der Waals surface area contributed by atoms with Crippen molar-refractivity contribution >= 4 is 40.2 Å². The Bertz CT molecular complexity index is 888. The minimum Gasteiger partial charge on any atom is -0.356 e. The molecule has 148 valence electrons. The van der Waals surface area contributed by atoms with Crippen LogP contribution in [-0.4, -0.2) is 40.7 Å². The van der Waals surface area contributed by atoms with E-state index in [1.54, 1.807) is 0 Å². The summed E-state index contributed by atoms with van der Waals surface area (Å²) < 4.78 is 4.33. The molecule has 28 heavy (non-hydrogen) atoms. The number of amides is 3. The van der Waals surface area contributed by atoms with Gasteiger partial charge in [0.25, 0.3) is 5.91 Å². The highest BCUT2D eigenvalue weighted by Gasteiger charge is 2.29. The van der Waals surface area contributed by atoms with Gasteiger partial charge in [0.15, 0.2) is 0 Å². The molecule has 4 rings (SSSR count). The van der Waals surface area contributed by atoms with Gasteiger partial charge < -0.3 is 16.0 Å². The van der Waals surface area contributed by atoms with Crippen molar-refractivity contribution in [2.75, 3.05) is 6.54 Å². The van der Waals surface area contributed by atoms with Crippen LogP contribution in [-0.2, 0) is 9.59 Å². The van der Waals surface area contributed by atoms with E-state index in [9.17, 15) is 14.4 Å². The van der Waals surface area contributed by atoms with E-state index >= 15 is 0 Å². The minimum absolute atomic E-state index is 0.0165. The Kier molecular flexibility index (Phi) is 5.57. The number of hydrogen-bond acceptors (Lipinski definition) is 5. The molecule has 0 spiro atoms. The number of carbonyl (C=O) groups is 3. The fraction of sp³-hybridized carbons (Fsp3) is 0.500. The van der Waals surface area contributed by atoms with E-state index < -0.39 is 0 Å². The summed E-state index contributed by atoms with van der Waals surface area (Å²) in [5.41, 5.74) is 0.847. The molecule has 1 unspecified atom stereocenters. The number of rotatable bonds is 5. The SMILES string of the molecule is O=C(CC1CCNC1=O)NC1CCC(NC(=O)c2snc3ccccc23)CC1. The third-order valence-corrected chi connectivity index (χ3v) is 6.49. The van der Waals surface area contributed by atoms with Crippen molar-refractivity contribution in [3.05, 3.63) is 29.1 Å². The van der Waals surface area contributed by atoms with Crippen molar-refractivity contribution in [3.8, 4) is 0 Å². The molecule has 1 aromatic carbocycles. The van der Waals surface area contributed by atoms with E-state index in [0.717, 1.165) is 43.0 Å². The lowest BCUT2D eigenvalue weighted by atomic mass is 9.90. The zero-order chi connectivity index (χ0) is 19.5. The quantitative estimate of drug-likeness (QED) is 0.714. The standard InChI is InChI=1S/C20H24N4O3S/c25-17(11-12-9-10-21-19(12)26)22-13-5-7-14(8-6-13)23-20(27)18-15-3-1-2-4-16(15)24-28-18/h1-4,12-14H,5-11H2,(H,21,26)(H,22,25)(H,23,27). The fourth-order valence-electron chi connectivity index (χ4n) is 4.04. The molecule has 1 aromatic heterocycles. The maximum Gasteiger partial charge on any atom is 0.263 e. The maximum absolute atomic E-state index is 12.6. The first-order valence-electron chi connectivity index (χ1n) is 9.82. The molecule has 7 nitrogen and oxygen atoms in total. The second-order valence-electron chi connectivity index (χ2n) is 7.60. The zero-order valence-corrected chi connectivity index (χ0v) is 16.4. The lowest BCUT2D eigenvalue weighted by Crippen LogP contribution is -2.44. The first-order valence-corrected chi connectivity index (χ1v) is 10.6. The molecule has 1 aliphatic heterocycles. The molecule has 2 aliphatic rings. The van der Waals surface area contributed by atoms with Gasteiger partial charge in [-0.25, -0.2) is 0 Å². The summed E-state index contributed by atoms with van der Waals surface area (Å²) >= 11 is 1.23. The van der Waals surface area contributed by atoms with Gasteiger partial charge in [0.2, 0.25) is 11.8 Å². The third kappa shape index (κ3) is 4.16. The highest BCUT2D eigenvalue weighted by molar-refractivity contribution is 7.09. The molecule has 1 saturated carbocycles. The van der Waals surface area contributed by atoms with Crippen molar-refractivity contribution in [2.45, 2.75) is 50.6 Å². The highest BCUT2D eigenvalue weighted by atomic mass is 32.1. The van der Waals surface area contributed by atoms with E-state index in [-0.39, 0.29) is 42.1 Å². The van der Waals surface area contributed by atoms with Crippen LogP contribution in [0.5, 0.6) is 0 Å². The van der Waals surface area contributed by atoms with Crippen LogP contribution >= 0.6 is 11.5 Å². The van der Waals surface area contributed by atoms with Gasteiger partial charge >= 0.3 is 0 Å². The molecule has 2 aromatic rings. The van der Waals surface area contributed by atoms with Gasteiger partial charge in [-0.05, 0) is 49.7 Å². The van der Waals surface area contributed by atoms with Crippen LogP contribution < -0.4 is 16.0 Å². The van der Waals surface area contributed by atoms with Crippen LogP contribution in [0.3, 0.4) is 0 Å². The van der Waals surface area contributed by atoms with Gasteiger partial charge in [0, 0.05) is 36.4 Å². The Morgan fingerprint density at radius 2 is 1.79 bits per heavy atom. The topological polar surface area (TPSA) is 100 Å². The Morgan fingerprint density at radius 3 is 2.50 bits per heavy atom. The van der Waals surface area contributed by atoms with Crippen molar-refractivity contribution in [1.82, 2.24) is 20.3 Å². The largest absolute Gasteiger partial charge is 0.356 e. The molecular weight excluding hydrogens is 376 g/mol. The Labute approximate surface area is 167 Å². The van der Waals surface area contributed by atoms with E-state index in [0.29, 0.717) is 11.4 Å². The molecular formula is C20H24N4O3S. The first kappa shape index (κ1) is 18.9. The summed E-state index contributed by atoms with van der Waals surface area (Å²) in [4.78, 5) is 37.1. The Morgan fingerprint density at radius 1 is 1.07 bits per heavy atom. The predicted molar refractivity (Wildman–Crippen MR) is 107 cm³/mol. The number of hydrogen-bond donors (Lipinski definition) is 3. The van der Waals surface area contributed by atoms with E-state index in [4.69, 9.17) is 0 Å². The second kappa shape index (κ2) is 8.26. The average molecular weight is 401 g/mol. The molecule has 1 aliphatic carbocycles. The lowest BCUT2D eigenvalue weighted by molar-refractivity contribution is -0.128. The minimum atomic E-state index is -0.190. The number of benzene rings is 1.